The highest BCUT2D eigenvalue weighted by atomic mass is 127. The number of hydrogen-bond acceptors (Lipinski definition) is 4. The minimum absolute atomic E-state index is 0.125. The van der Waals surface area contributed by atoms with Crippen LogP contribution in [0.15, 0.2) is 11.1 Å². The molecule has 16 heavy (non-hydrogen) atoms. The molecule has 6 heteroatoms. The molecule has 2 N–H and O–H groups in total. The van der Waals surface area contributed by atoms with E-state index in [-0.39, 0.29) is 18.2 Å². The highest BCUT2D eigenvalue weighted by Gasteiger charge is 2.16. The molecule has 0 atom stereocenters. The number of nitrogens with one attached hydrogen (secondary N) is 1. The number of hydrogen-bond donors (Lipinski definition) is 2. The Morgan fingerprint density at radius 1 is 1.62 bits per heavy atom. The maximum atomic E-state index is 11.5. The molecule has 0 aliphatic carbocycles. The molecule has 90 valence electrons. The quantitative estimate of drug-likeness (QED) is 0.786. The first-order valence-electron chi connectivity index (χ1n) is 5.18. The van der Waals surface area contributed by atoms with Crippen LogP contribution in [0.5, 0.6) is 0 Å². The molecule has 5 nitrogen and oxygen atoms in total. The van der Waals surface area contributed by atoms with E-state index in [2.05, 4.69) is 9.97 Å². The van der Waals surface area contributed by atoms with Crippen LogP contribution in [-0.4, -0.2) is 34.3 Å². The van der Waals surface area contributed by atoms with Crippen LogP contribution in [0.4, 0.5) is 5.82 Å². The first-order chi connectivity index (χ1) is 7.57. The Labute approximate surface area is 108 Å². The highest BCUT2D eigenvalue weighted by molar-refractivity contribution is 14.1. The summed E-state index contributed by atoms with van der Waals surface area (Å²) in [6.45, 7) is 4.91. The van der Waals surface area contributed by atoms with E-state index in [0.717, 1.165) is 0 Å². The zero-order chi connectivity index (χ0) is 12.1. The third kappa shape index (κ3) is 3.18. The molecule has 0 saturated carbocycles. The molecule has 1 rings (SSSR count). The van der Waals surface area contributed by atoms with Crippen molar-refractivity contribution in [3.8, 4) is 0 Å². The van der Waals surface area contributed by atoms with E-state index < -0.39 is 0 Å². The van der Waals surface area contributed by atoms with Gasteiger partial charge in [0.2, 0.25) is 0 Å². The monoisotopic (exact) mass is 337 g/mol. The average molecular weight is 337 g/mol. The second-order valence-corrected chi connectivity index (χ2v) is 4.81. The van der Waals surface area contributed by atoms with Crippen LogP contribution >= 0.6 is 22.6 Å². The number of nitrogens with zero attached hydrogens (tertiary/aromatic N) is 2. The summed E-state index contributed by atoms with van der Waals surface area (Å²) in [7, 11) is 0. The second-order valence-electron chi connectivity index (χ2n) is 3.73. The van der Waals surface area contributed by atoms with E-state index in [0.29, 0.717) is 22.4 Å². The maximum absolute atomic E-state index is 11.5. The molecule has 0 radical (unpaired) electrons. The van der Waals surface area contributed by atoms with Crippen molar-refractivity contribution in [1.29, 1.82) is 0 Å². The summed E-state index contributed by atoms with van der Waals surface area (Å²) < 4.78 is 0.590. The molecule has 0 aliphatic heterocycles. The molecule has 1 heterocycles. The topological polar surface area (TPSA) is 69.2 Å². The van der Waals surface area contributed by atoms with Crippen molar-refractivity contribution in [1.82, 2.24) is 9.97 Å². The lowest BCUT2D eigenvalue weighted by atomic mass is 10.3. The smallest absolute Gasteiger partial charge is 0.266 e. The number of aliphatic hydroxyl groups excluding tert-OH is 1. The molecule has 0 bridgehead atoms. The number of halogens is 1. The summed E-state index contributed by atoms with van der Waals surface area (Å²) in [6.07, 6.45) is 2.08. The fourth-order valence-corrected chi connectivity index (χ4v) is 2.03. The third-order valence-corrected chi connectivity index (χ3v) is 3.20. The number of anilines is 1. The van der Waals surface area contributed by atoms with Crippen LogP contribution < -0.4 is 10.5 Å². The van der Waals surface area contributed by atoms with Gasteiger partial charge in [-0.1, -0.05) is 0 Å². The number of aromatic nitrogens is 2. The van der Waals surface area contributed by atoms with Crippen LogP contribution in [0.2, 0.25) is 0 Å². The fraction of sp³-hybridized carbons (Fsp3) is 0.600. The summed E-state index contributed by atoms with van der Waals surface area (Å²) in [4.78, 5) is 20.2. The molecule has 1 aromatic rings. The van der Waals surface area contributed by atoms with Crippen LogP contribution in [0.1, 0.15) is 20.3 Å². The van der Waals surface area contributed by atoms with Gasteiger partial charge < -0.3 is 15.0 Å². The highest BCUT2D eigenvalue weighted by Crippen LogP contribution is 2.18. The number of aromatic amines is 1. The SMILES string of the molecule is CC(C)N(CCCO)c1nc[nH]c(=O)c1I. The van der Waals surface area contributed by atoms with E-state index in [9.17, 15) is 4.79 Å². The minimum atomic E-state index is -0.125. The maximum Gasteiger partial charge on any atom is 0.266 e. The summed E-state index contributed by atoms with van der Waals surface area (Å²) >= 11 is 1.99. The standard InChI is InChI=1S/C10H16IN3O2/c1-7(2)14(4-3-5-15)9-8(11)10(16)13-6-12-9/h6-7,15H,3-5H2,1-2H3,(H,12,13,16). The van der Waals surface area contributed by atoms with E-state index >= 15 is 0 Å². The Balaban J connectivity index is 3.01. The molecule has 0 aromatic carbocycles. The summed E-state index contributed by atoms with van der Waals surface area (Å²) in [5.41, 5.74) is -0.125. The number of H-pyrrole nitrogens is 1. The lowest BCUT2D eigenvalue weighted by molar-refractivity contribution is 0.288. The van der Waals surface area contributed by atoms with Gasteiger partial charge in [-0.15, -0.1) is 0 Å². The normalized spacial score (nSPS) is 10.8. The van der Waals surface area contributed by atoms with Gasteiger partial charge in [-0.25, -0.2) is 4.98 Å². The molecule has 0 aliphatic rings. The predicted molar refractivity (Wildman–Crippen MR) is 71.8 cm³/mol. The van der Waals surface area contributed by atoms with E-state index in [1.807, 2.05) is 41.3 Å². The zero-order valence-corrected chi connectivity index (χ0v) is 11.6. The van der Waals surface area contributed by atoms with Crippen molar-refractivity contribution in [3.05, 3.63) is 20.3 Å². The van der Waals surface area contributed by atoms with Crippen molar-refractivity contribution >= 4 is 28.4 Å². The molecule has 0 amide bonds. The van der Waals surface area contributed by atoms with Gasteiger partial charge >= 0.3 is 0 Å². The zero-order valence-electron chi connectivity index (χ0n) is 9.40. The van der Waals surface area contributed by atoms with Crippen molar-refractivity contribution in [3.63, 3.8) is 0 Å². The second kappa shape index (κ2) is 6.19. The molecule has 0 fully saturated rings. The Morgan fingerprint density at radius 2 is 2.31 bits per heavy atom. The van der Waals surface area contributed by atoms with Crippen LogP contribution in [0.25, 0.3) is 0 Å². The van der Waals surface area contributed by atoms with Crippen LogP contribution in [0, 0.1) is 3.57 Å². The first-order valence-corrected chi connectivity index (χ1v) is 6.26. The summed E-state index contributed by atoms with van der Waals surface area (Å²) in [6, 6.07) is 0.245. The minimum Gasteiger partial charge on any atom is -0.396 e. The lowest BCUT2D eigenvalue weighted by Gasteiger charge is -2.28. The van der Waals surface area contributed by atoms with Gasteiger partial charge in [0.05, 0.1) is 6.33 Å². The van der Waals surface area contributed by atoms with Crippen LogP contribution in [0.3, 0.4) is 0 Å². The Bertz CT molecular complexity index is 392. The summed E-state index contributed by atoms with van der Waals surface area (Å²) in [5.74, 6) is 0.688. The first kappa shape index (κ1) is 13.4. The molecule has 0 saturated heterocycles. The van der Waals surface area contributed by atoms with Gasteiger partial charge in [0.15, 0.2) is 0 Å². The van der Waals surface area contributed by atoms with Crippen molar-refractivity contribution in [2.75, 3.05) is 18.1 Å². The van der Waals surface area contributed by atoms with Crippen molar-refractivity contribution in [2.45, 2.75) is 26.3 Å². The largest absolute Gasteiger partial charge is 0.396 e. The van der Waals surface area contributed by atoms with Gasteiger partial charge in [0, 0.05) is 19.2 Å². The Morgan fingerprint density at radius 3 is 2.88 bits per heavy atom. The molecule has 0 unspecified atom stereocenters. The average Bonchev–Trinajstić information content (AvgIpc) is 2.24. The van der Waals surface area contributed by atoms with Gasteiger partial charge in [0.1, 0.15) is 9.39 Å². The predicted octanol–water partition coefficient (Wildman–Crippen LogP) is 0.972. The van der Waals surface area contributed by atoms with E-state index in [1.165, 1.54) is 6.33 Å². The lowest BCUT2D eigenvalue weighted by Crippen LogP contribution is -2.35. The Kier molecular flexibility index (Phi) is 5.20. The molecule has 1 aromatic heterocycles. The van der Waals surface area contributed by atoms with Gasteiger partial charge in [-0.3, -0.25) is 4.79 Å². The molecular formula is C10H16IN3O2. The van der Waals surface area contributed by atoms with E-state index in [1.54, 1.807) is 0 Å². The van der Waals surface area contributed by atoms with Crippen LogP contribution in [-0.2, 0) is 0 Å². The number of aliphatic hydroxyl groups is 1. The van der Waals surface area contributed by atoms with Gasteiger partial charge in [0.25, 0.3) is 5.56 Å². The van der Waals surface area contributed by atoms with E-state index in [4.69, 9.17) is 5.11 Å². The molecule has 0 spiro atoms. The van der Waals surface area contributed by atoms with Crippen molar-refractivity contribution < 1.29 is 5.11 Å². The molecular weight excluding hydrogens is 321 g/mol. The Hall–Kier alpha value is -0.630. The van der Waals surface area contributed by atoms with Crippen molar-refractivity contribution in [2.24, 2.45) is 0 Å². The van der Waals surface area contributed by atoms with Gasteiger partial charge in [-0.2, -0.15) is 0 Å². The third-order valence-electron chi connectivity index (χ3n) is 2.23. The van der Waals surface area contributed by atoms with Gasteiger partial charge in [-0.05, 0) is 42.9 Å². The number of rotatable bonds is 5. The fourth-order valence-electron chi connectivity index (χ4n) is 1.42. The summed E-state index contributed by atoms with van der Waals surface area (Å²) in [5, 5.41) is 8.85.